The Morgan fingerprint density at radius 3 is 2.40 bits per heavy atom. The second kappa shape index (κ2) is 8.76. The summed E-state index contributed by atoms with van der Waals surface area (Å²) >= 11 is 0. The van der Waals surface area contributed by atoms with Crippen LogP contribution < -0.4 is 5.32 Å². The summed E-state index contributed by atoms with van der Waals surface area (Å²) in [5, 5.41) is 2.86. The fraction of sp³-hybridized carbons (Fsp3) is 0.400. The molecule has 35 heavy (non-hydrogen) atoms. The molecule has 0 aromatic heterocycles. The second-order valence-electron chi connectivity index (χ2n) is 9.34. The first-order valence-corrected chi connectivity index (χ1v) is 13.2. The molecule has 2 aliphatic heterocycles. The summed E-state index contributed by atoms with van der Waals surface area (Å²) in [4.78, 5) is 42.0. The van der Waals surface area contributed by atoms with E-state index in [1.165, 1.54) is 9.21 Å². The van der Waals surface area contributed by atoms with Crippen LogP contribution in [0.25, 0.3) is 0 Å². The molecule has 1 atom stereocenters. The van der Waals surface area contributed by atoms with Crippen LogP contribution in [-0.4, -0.2) is 73.1 Å². The number of fused-ring (bicyclic) bond motifs is 2. The molecule has 3 aliphatic rings. The number of nitrogens with zero attached hydrogens (tertiary/aromatic N) is 3. The van der Waals surface area contributed by atoms with E-state index in [1.54, 1.807) is 24.3 Å². The van der Waals surface area contributed by atoms with Gasteiger partial charge in [0, 0.05) is 26.2 Å². The Morgan fingerprint density at radius 1 is 1.00 bits per heavy atom. The Bertz CT molecular complexity index is 1290. The van der Waals surface area contributed by atoms with Crippen molar-refractivity contribution in [1.29, 1.82) is 0 Å². The monoisotopic (exact) mass is 496 g/mol. The van der Waals surface area contributed by atoms with Crippen molar-refractivity contribution < 1.29 is 22.8 Å². The molecule has 10 heteroatoms. The van der Waals surface area contributed by atoms with E-state index in [4.69, 9.17) is 0 Å². The zero-order chi connectivity index (χ0) is 24.8. The number of carbonyl (C=O) groups excluding carboxylic acids is 3. The molecule has 2 fully saturated rings. The lowest BCUT2D eigenvalue weighted by Crippen LogP contribution is -2.53. The first kappa shape index (κ1) is 23.5. The highest BCUT2D eigenvalue weighted by atomic mass is 32.2. The topological polar surface area (TPSA) is 107 Å². The number of aryl methyl sites for hydroxylation is 2. The number of sulfonamides is 1. The molecule has 4 amide bonds. The smallest absolute Gasteiger partial charge is 0.325 e. The van der Waals surface area contributed by atoms with E-state index >= 15 is 0 Å². The zero-order valence-electron chi connectivity index (χ0n) is 19.6. The largest absolute Gasteiger partial charge is 0.338 e. The standard InChI is InChI=1S/C25H28N4O5S/c1-18-8-10-20(11-9-18)35(33,34)28-15-13-27(14-16-28)22(30)17-29-23(31)25(26-24(29)32)12-4-6-19-5-2-3-7-21(19)25/h2-3,5,7-11H,4,6,12-17H2,1H3,(H,26,32). The van der Waals surface area contributed by atoms with Crippen LogP contribution in [0.15, 0.2) is 53.4 Å². The minimum atomic E-state index is -3.65. The van der Waals surface area contributed by atoms with E-state index in [9.17, 15) is 22.8 Å². The summed E-state index contributed by atoms with van der Waals surface area (Å²) in [6.07, 6.45) is 2.10. The average molecular weight is 497 g/mol. The van der Waals surface area contributed by atoms with Crippen molar-refractivity contribution in [2.24, 2.45) is 0 Å². The van der Waals surface area contributed by atoms with Crippen LogP contribution in [0.4, 0.5) is 4.79 Å². The van der Waals surface area contributed by atoms with E-state index in [-0.39, 0.29) is 43.5 Å². The number of amides is 4. The van der Waals surface area contributed by atoms with Gasteiger partial charge < -0.3 is 10.2 Å². The van der Waals surface area contributed by atoms with Crippen LogP contribution in [0.2, 0.25) is 0 Å². The molecule has 1 N–H and O–H groups in total. The van der Waals surface area contributed by atoms with Crippen molar-refractivity contribution in [2.75, 3.05) is 32.7 Å². The third-order valence-electron chi connectivity index (χ3n) is 7.19. The van der Waals surface area contributed by atoms with E-state index in [2.05, 4.69) is 5.32 Å². The number of nitrogens with one attached hydrogen (secondary N) is 1. The highest BCUT2D eigenvalue weighted by molar-refractivity contribution is 7.89. The molecule has 1 spiro atoms. The Kier molecular flexibility index (Phi) is 5.88. The van der Waals surface area contributed by atoms with Crippen molar-refractivity contribution in [3.05, 3.63) is 65.2 Å². The van der Waals surface area contributed by atoms with Crippen molar-refractivity contribution in [1.82, 2.24) is 19.4 Å². The van der Waals surface area contributed by atoms with Gasteiger partial charge in [0.2, 0.25) is 15.9 Å². The summed E-state index contributed by atoms with van der Waals surface area (Å²) in [5.41, 5.74) is 1.69. The summed E-state index contributed by atoms with van der Waals surface area (Å²) in [6, 6.07) is 13.7. The summed E-state index contributed by atoms with van der Waals surface area (Å²) in [7, 11) is -3.65. The highest BCUT2D eigenvalue weighted by Crippen LogP contribution is 2.39. The minimum Gasteiger partial charge on any atom is -0.338 e. The van der Waals surface area contributed by atoms with Gasteiger partial charge in [-0.3, -0.25) is 14.5 Å². The fourth-order valence-corrected chi connectivity index (χ4v) is 6.65. The van der Waals surface area contributed by atoms with Gasteiger partial charge in [0.1, 0.15) is 12.1 Å². The Hall–Kier alpha value is -3.24. The number of imide groups is 1. The molecule has 1 unspecified atom stereocenters. The quantitative estimate of drug-likeness (QED) is 0.648. The lowest BCUT2D eigenvalue weighted by Gasteiger charge is -2.35. The lowest BCUT2D eigenvalue weighted by molar-refractivity contribution is -0.140. The predicted octanol–water partition coefficient (Wildman–Crippen LogP) is 1.61. The van der Waals surface area contributed by atoms with Crippen LogP contribution >= 0.6 is 0 Å². The van der Waals surface area contributed by atoms with E-state index < -0.39 is 27.5 Å². The molecule has 0 radical (unpaired) electrons. The molecular weight excluding hydrogens is 468 g/mol. The molecule has 2 heterocycles. The normalized spacial score (nSPS) is 22.9. The van der Waals surface area contributed by atoms with Crippen LogP contribution in [0.1, 0.15) is 29.5 Å². The molecule has 9 nitrogen and oxygen atoms in total. The number of urea groups is 1. The van der Waals surface area contributed by atoms with E-state index in [0.717, 1.165) is 34.4 Å². The van der Waals surface area contributed by atoms with Gasteiger partial charge in [-0.25, -0.2) is 13.2 Å². The predicted molar refractivity (Wildman–Crippen MR) is 128 cm³/mol. The van der Waals surface area contributed by atoms with Crippen LogP contribution in [0.5, 0.6) is 0 Å². The van der Waals surface area contributed by atoms with Gasteiger partial charge in [-0.2, -0.15) is 4.31 Å². The Balaban J connectivity index is 1.25. The number of benzene rings is 2. The van der Waals surface area contributed by atoms with Crippen molar-refractivity contribution in [3.63, 3.8) is 0 Å². The first-order chi connectivity index (χ1) is 16.7. The lowest BCUT2D eigenvalue weighted by atomic mass is 9.76. The molecular formula is C25H28N4O5S. The number of hydrogen-bond donors (Lipinski definition) is 1. The molecule has 1 aliphatic carbocycles. The maximum Gasteiger partial charge on any atom is 0.325 e. The number of carbonyl (C=O) groups is 3. The van der Waals surface area contributed by atoms with Gasteiger partial charge >= 0.3 is 6.03 Å². The molecule has 2 saturated heterocycles. The molecule has 0 bridgehead atoms. The Labute approximate surface area is 204 Å². The van der Waals surface area contributed by atoms with Gasteiger partial charge in [-0.1, -0.05) is 42.0 Å². The van der Waals surface area contributed by atoms with Gasteiger partial charge in [0.15, 0.2) is 0 Å². The van der Waals surface area contributed by atoms with Gasteiger partial charge in [-0.05, 0) is 49.4 Å². The zero-order valence-corrected chi connectivity index (χ0v) is 20.4. The maximum absolute atomic E-state index is 13.4. The summed E-state index contributed by atoms with van der Waals surface area (Å²) < 4.78 is 27.2. The number of piperazine rings is 1. The summed E-state index contributed by atoms with van der Waals surface area (Å²) in [5.74, 6) is -0.773. The number of hydrogen-bond acceptors (Lipinski definition) is 5. The van der Waals surface area contributed by atoms with Gasteiger partial charge in [0.25, 0.3) is 5.91 Å². The molecule has 2 aromatic carbocycles. The second-order valence-corrected chi connectivity index (χ2v) is 11.3. The summed E-state index contributed by atoms with van der Waals surface area (Å²) in [6.45, 7) is 2.22. The Morgan fingerprint density at radius 2 is 1.69 bits per heavy atom. The van der Waals surface area contributed by atoms with Crippen LogP contribution in [-0.2, 0) is 31.6 Å². The first-order valence-electron chi connectivity index (χ1n) is 11.8. The highest BCUT2D eigenvalue weighted by Gasteiger charge is 2.54. The van der Waals surface area contributed by atoms with Crippen LogP contribution in [0.3, 0.4) is 0 Å². The van der Waals surface area contributed by atoms with Crippen molar-refractivity contribution in [2.45, 2.75) is 36.6 Å². The average Bonchev–Trinajstić information content (AvgIpc) is 3.09. The van der Waals surface area contributed by atoms with Gasteiger partial charge in [0.05, 0.1) is 4.90 Å². The van der Waals surface area contributed by atoms with E-state index in [0.29, 0.717) is 6.42 Å². The van der Waals surface area contributed by atoms with Crippen molar-refractivity contribution in [3.8, 4) is 0 Å². The molecule has 5 rings (SSSR count). The molecule has 0 saturated carbocycles. The van der Waals surface area contributed by atoms with E-state index in [1.807, 2.05) is 31.2 Å². The third-order valence-corrected chi connectivity index (χ3v) is 9.11. The molecule has 2 aromatic rings. The van der Waals surface area contributed by atoms with Crippen molar-refractivity contribution >= 4 is 27.9 Å². The molecule has 184 valence electrons. The minimum absolute atomic E-state index is 0.152. The third kappa shape index (κ3) is 4.00. The SMILES string of the molecule is Cc1ccc(S(=O)(=O)N2CCN(C(=O)CN3C(=O)NC4(CCCc5ccccc54)C3=O)CC2)cc1. The van der Waals surface area contributed by atoms with Crippen LogP contribution in [0, 0.1) is 6.92 Å². The number of rotatable bonds is 4. The van der Waals surface area contributed by atoms with Gasteiger partial charge in [-0.15, -0.1) is 0 Å². The fourth-order valence-electron chi connectivity index (χ4n) is 5.23. The maximum atomic E-state index is 13.4.